The van der Waals surface area contributed by atoms with Gasteiger partial charge in [0.15, 0.2) is 0 Å². The van der Waals surface area contributed by atoms with E-state index in [1.807, 2.05) is 17.7 Å². The van der Waals surface area contributed by atoms with Crippen molar-refractivity contribution in [3.63, 3.8) is 0 Å². The van der Waals surface area contributed by atoms with Crippen molar-refractivity contribution in [1.82, 2.24) is 20.2 Å². The molecule has 2 N–H and O–H groups in total. The molecular formula is C12H20N4O3. The van der Waals surface area contributed by atoms with Crippen LogP contribution in [0.3, 0.4) is 0 Å². The van der Waals surface area contributed by atoms with E-state index in [0.29, 0.717) is 13.1 Å². The van der Waals surface area contributed by atoms with Gasteiger partial charge in [0.25, 0.3) is 0 Å². The van der Waals surface area contributed by atoms with Crippen LogP contribution in [0.15, 0.2) is 12.4 Å². The standard InChI is InChI=1S/C12H20N4O3/c1-4-10-13-5-7-16(10)8-6-14-11(17)9(2)15-12(18)19-3/h5,7,9H,4,6,8H2,1-3H3,(H,14,17)(H,15,18)/t9-/m1/s1. The van der Waals surface area contributed by atoms with Crippen molar-refractivity contribution in [3.8, 4) is 0 Å². The van der Waals surface area contributed by atoms with Gasteiger partial charge in [-0.25, -0.2) is 9.78 Å². The van der Waals surface area contributed by atoms with E-state index in [9.17, 15) is 9.59 Å². The number of alkyl carbamates (subject to hydrolysis) is 1. The van der Waals surface area contributed by atoms with Gasteiger partial charge in [-0.05, 0) is 6.92 Å². The highest BCUT2D eigenvalue weighted by molar-refractivity contribution is 5.85. The predicted molar refractivity (Wildman–Crippen MR) is 69.6 cm³/mol. The second-order valence-electron chi connectivity index (χ2n) is 4.04. The van der Waals surface area contributed by atoms with Gasteiger partial charge < -0.3 is 19.9 Å². The van der Waals surface area contributed by atoms with Gasteiger partial charge in [0.1, 0.15) is 11.9 Å². The molecule has 0 aromatic carbocycles. The smallest absolute Gasteiger partial charge is 0.407 e. The van der Waals surface area contributed by atoms with Gasteiger partial charge in [-0.2, -0.15) is 0 Å². The van der Waals surface area contributed by atoms with Gasteiger partial charge in [0.05, 0.1) is 7.11 Å². The third kappa shape index (κ3) is 4.61. The zero-order valence-electron chi connectivity index (χ0n) is 11.5. The number of aryl methyl sites for hydroxylation is 1. The lowest BCUT2D eigenvalue weighted by atomic mass is 10.3. The molecule has 0 spiro atoms. The molecule has 106 valence electrons. The van der Waals surface area contributed by atoms with Crippen LogP contribution in [0.2, 0.25) is 0 Å². The normalized spacial score (nSPS) is 11.7. The lowest BCUT2D eigenvalue weighted by Crippen LogP contribution is -2.45. The molecule has 0 bridgehead atoms. The molecule has 0 aliphatic carbocycles. The van der Waals surface area contributed by atoms with E-state index < -0.39 is 12.1 Å². The van der Waals surface area contributed by atoms with Crippen molar-refractivity contribution in [2.75, 3.05) is 13.7 Å². The number of methoxy groups -OCH3 is 1. The van der Waals surface area contributed by atoms with E-state index in [4.69, 9.17) is 0 Å². The summed E-state index contributed by atoms with van der Waals surface area (Å²) in [5, 5.41) is 5.15. The summed E-state index contributed by atoms with van der Waals surface area (Å²) in [7, 11) is 1.26. The van der Waals surface area contributed by atoms with E-state index in [-0.39, 0.29) is 5.91 Å². The van der Waals surface area contributed by atoms with Gasteiger partial charge in [0, 0.05) is 31.9 Å². The topological polar surface area (TPSA) is 85.3 Å². The Kier molecular flexibility index (Phi) is 5.84. The molecule has 0 saturated carbocycles. The third-order valence-electron chi connectivity index (χ3n) is 2.68. The molecule has 1 atom stereocenters. The van der Waals surface area contributed by atoms with Crippen molar-refractivity contribution < 1.29 is 14.3 Å². The highest BCUT2D eigenvalue weighted by Gasteiger charge is 2.14. The van der Waals surface area contributed by atoms with Crippen LogP contribution in [-0.2, 0) is 22.5 Å². The molecule has 7 heteroatoms. The largest absolute Gasteiger partial charge is 0.453 e. The average Bonchev–Trinajstić information content (AvgIpc) is 2.85. The Bertz CT molecular complexity index is 430. The number of aromatic nitrogens is 2. The first-order chi connectivity index (χ1) is 9.08. The summed E-state index contributed by atoms with van der Waals surface area (Å²) in [5.41, 5.74) is 0. The van der Waals surface area contributed by atoms with Gasteiger partial charge in [-0.15, -0.1) is 0 Å². The minimum atomic E-state index is -0.624. The number of ether oxygens (including phenoxy) is 1. The van der Waals surface area contributed by atoms with Crippen LogP contribution in [0.5, 0.6) is 0 Å². The monoisotopic (exact) mass is 268 g/mol. The van der Waals surface area contributed by atoms with Crippen molar-refractivity contribution in [3.05, 3.63) is 18.2 Å². The molecule has 1 aromatic heterocycles. The van der Waals surface area contributed by atoms with Crippen LogP contribution in [0.4, 0.5) is 4.79 Å². The predicted octanol–water partition coefficient (Wildman–Crippen LogP) is 0.306. The minimum absolute atomic E-state index is 0.247. The molecule has 0 unspecified atom stereocenters. The molecule has 1 aromatic rings. The van der Waals surface area contributed by atoms with E-state index in [2.05, 4.69) is 20.4 Å². The fraction of sp³-hybridized carbons (Fsp3) is 0.583. The summed E-state index contributed by atoms with van der Waals surface area (Å²) in [6.45, 7) is 4.76. The van der Waals surface area contributed by atoms with Gasteiger partial charge in [-0.3, -0.25) is 4.79 Å². The minimum Gasteiger partial charge on any atom is -0.453 e. The molecule has 2 amide bonds. The van der Waals surface area contributed by atoms with Crippen molar-refractivity contribution >= 4 is 12.0 Å². The second-order valence-corrected chi connectivity index (χ2v) is 4.04. The van der Waals surface area contributed by atoms with Crippen LogP contribution >= 0.6 is 0 Å². The van der Waals surface area contributed by atoms with Crippen LogP contribution in [0.25, 0.3) is 0 Å². The summed E-state index contributed by atoms with van der Waals surface area (Å²) in [6, 6.07) is -0.624. The van der Waals surface area contributed by atoms with Crippen LogP contribution in [0.1, 0.15) is 19.7 Å². The van der Waals surface area contributed by atoms with Gasteiger partial charge >= 0.3 is 6.09 Å². The summed E-state index contributed by atoms with van der Waals surface area (Å²) < 4.78 is 6.41. The lowest BCUT2D eigenvalue weighted by molar-refractivity contribution is -0.122. The number of carbonyl (C=O) groups is 2. The quantitative estimate of drug-likeness (QED) is 0.777. The van der Waals surface area contributed by atoms with Gasteiger partial charge in [-0.1, -0.05) is 6.92 Å². The first-order valence-electron chi connectivity index (χ1n) is 6.20. The highest BCUT2D eigenvalue weighted by Crippen LogP contribution is 1.97. The summed E-state index contributed by atoms with van der Waals surface area (Å²) in [6.07, 6.45) is 3.84. The summed E-state index contributed by atoms with van der Waals surface area (Å²) in [4.78, 5) is 26.8. The number of hydrogen-bond acceptors (Lipinski definition) is 4. The Hall–Kier alpha value is -2.05. The number of amides is 2. The average molecular weight is 268 g/mol. The van der Waals surface area contributed by atoms with E-state index >= 15 is 0 Å². The fourth-order valence-electron chi connectivity index (χ4n) is 1.61. The van der Waals surface area contributed by atoms with Crippen LogP contribution in [0, 0.1) is 0 Å². The zero-order valence-corrected chi connectivity index (χ0v) is 11.5. The fourth-order valence-corrected chi connectivity index (χ4v) is 1.61. The third-order valence-corrected chi connectivity index (χ3v) is 2.68. The Morgan fingerprint density at radius 2 is 2.26 bits per heavy atom. The number of hydrogen-bond donors (Lipinski definition) is 2. The molecule has 0 fully saturated rings. The van der Waals surface area contributed by atoms with Crippen molar-refractivity contribution in [2.24, 2.45) is 0 Å². The lowest BCUT2D eigenvalue weighted by Gasteiger charge is -2.13. The molecule has 7 nitrogen and oxygen atoms in total. The highest BCUT2D eigenvalue weighted by atomic mass is 16.5. The molecule has 0 radical (unpaired) electrons. The van der Waals surface area contributed by atoms with Crippen molar-refractivity contribution in [1.29, 1.82) is 0 Å². The molecular weight excluding hydrogens is 248 g/mol. The number of imidazole rings is 1. The van der Waals surface area contributed by atoms with E-state index in [1.54, 1.807) is 13.1 Å². The van der Waals surface area contributed by atoms with Crippen LogP contribution < -0.4 is 10.6 Å². The maximum Gasteiger partial charge on any atom is 0.407 e. The second kappa shape index (κ2) is 7.40. The SMILES string of the molecule is CCc1nccn1CCNC(=O)[C@@H](C)NC(=O)OC. The zero-order chi connectivity index (χ0) is 14.3. The maximum atomic E-state index is 11.7. The Balaban J connectivity index is 2.32. The summed E-state index contributed by atoms with van der Waals surface area (Å²) in [5.74, 6) is 0.735. The van der Waals surface area contributed by atoms with Crippen LogP contribution in [-0.4, -0.2) is 41.2 Å². The first kappa shape index (κ1) is 15.0. The Labute approximate surface area is 112 Å². The van der Waals surface area contributed by atoms with E-state index in [1.165, 1.54) is 7.11 Å². The van der Waals surface area contributed by atoms with E-state index in [0.717, 1.165) is 12.2 Å². The molecule has 1 rings (SSSR count). The Morgan fingerprint density at radius 1 is 1.53 bits per heavy atom. The molecule has 1 heterocycles. The number of nitrogens with zero attached hydrogens (tertiary/aromatic N) is 2. The molecule has 0 saturated heterocycles. The van der Waals surface area contributed by atoms with Gasteiger partial charge in [0.2, 0.25) is 5.91 Å². The molecule has 0 aliphatic rings. The maximum absolute atomic E-state index is 11.7. The first-order valence-corrected chi connectivity index (χ1v) is 6.20. The van der Waals surface area contributed by atoms with Crippen molar-refractivity contribution in [2.45, 2.75) is 32.9 Å². The number of nitrogens with one attached hydrogen (secondary N) is 2. The number of carbonyl (C=O) groups excluding carboxylic acids is 2. The number of rotatable bonds is 6. The molecule has 19 heavy (non-hydrogen) atoms. The molecule has 0 aliphatic heterocycles. The summed E-state index contributed by atoms with van der Waals surface area (Å²) >= 11 is 0. The Morgan fingerprint density at radius 3 is 2.89 bits per heavy atom.